The van der Waals surface area contributed by atoms with Crippen molar-refractivity contribution in [3.63, 3.8) is 0 Å². The van der Waals surface area contributed by atoms with E-state index in [0.717, 1.165) is 5.39 Å². The Morgan fingerprint density at radius 1 is 1.24 bits per heavy atom. The molecular formula is C13H14BFN2. The van der Waals surface area contributed by atoms with Gasteiger partial charge in [0, 0.05) is 17.6 Å². The minimum Gasteiger partial charge on any atom is -0.268 e. The van der Waals surface area contributed by atoms with Crippen LogP contribution in [0.5, 0.6) is 0 Å². The van der Waals surface area contributed by atoms with Crippen LogP contribution in [0.1, 0.15) is 38.1 Å². The average molecular weight is 228 g/mol. The van der Waals surface area contributed by atoms with Gasteiger partial charge in [-0.2, -0.15) is 5.10 Å². The number of rotatable bonds is 1. The first-order chi connectivity index (χ1) is 8.24. The second-order valence-electron chi connectivity index (χ2n) is 4.83. The summed E-state index contributed by atoms with van der Waals surface area (Å²) in [5.41, 5.74) is 0.892. The van der Waals surface area contributed by atoms with Crippen molar-refractivity contribution < 1.29 is 4.39 Å². The lowest BCUT2D eigenvalue weighted by Crippen LogP contribution is -2.12. The molecule has 86 valence electrons. The van der Waals surface area contributed by atoms with E-state index in [4.69, 9.17) is 7.85 Å². The van der Waals surface area contributed by atoms with Crippen LogP contribution in [0.4, 0.5) is 4.39 Å². The van der Waals surface area contributed by atoms with E-state index < -0.39 is 0 Å². The van der Waals surface area contributed by atoms with E-state index in [1.54, 1.807) is 6.07 Å². The molecule has 1 fully saturated rings. The smallest absolute Gasteiger partial charge is 0.118 e. The van der Waals surface area contributed by atoms with E-state index in [0.29, 0.717) is 11.6 Å². The quantitative estimate of drug-likeness (QED) is 0.685. The third-order valence-corrected chi connectivity index (χ3v) is 3.59. The van der Waals surface area contributed by atoms with Crippen LogP contribution >= 0.6 is 0 Å². The number of fused-ring (bicyclic) bond motifs is 1. The van der Waals surface area contributed by atoms with Crippen molar-refractivity contribution in [3.8, 4) is 0 Å². The zero-order valence-electron chi connectivity index (χ0n) is 9.69. The average Bonchev–Trinajstić information content (AvgIpc) is 2.74. The minimum atomic E-state index is -0.383. The van der Waals surface area contributed by atoms with Crippen molar-refractivity contribution in [2.75, 3.05) is 0 Å². The highest BCUT2D eigenvalue weighted by Crippen LogP contribution is 2.28. The van der Waals surface area contributed by atoms with Gasteiger partial charge in [-0.3, -0.25) is 4.68 Å². The lowest BCUT2D eigenvalue weighted by atomic mass is 9.94. The number of hydrogen-bond donors (Lipinski definition) is 0. The van der Waals surface area contributed by atoms with E-state index in [9.17, 15) is 4.39 Å². The Labute approximate surface area is 101 Å². The first-order valence-corrected chi connectivity index (χ1v) is 6.18. The number of aromatic nitrogens is 2. The SMILES string of the molecule is [B]c1cc2cn(C3CCCCC3)nc2cc1F. The van der Waals surface area contributed by atoms with Gasteiger partial charge in [0.1, 0.15) is 13.7 Å². The zero-order chi connectivity index (χ0) is 11.8. The molecule has 3 rings (SSSR count). The molecule has 1 aliphatic rings. The van der Waals surface area contributed by atoms with Crippen LogP contribution < -0.4 is 5.46 Å². The molecule has 0 atom stereocenters. The topological polar surface area (TPSA) is 17.8 Å². The molecule has 0 amide bonds. The molecule has 4 heteroatoms. The maximum atomic E-state index is 13.3. The Balaban J connectivity index is 2.00. The van der Waals surface area contributed by atoms with Gasteiger partial charge < -0.3 is 0 Å². The second-order valence-corrected chi connectivity index (χ2v) is 4.83. The number of halogens is 1. The molecule has 0 bridgehead atoms. The van der Waals surface area contributed by atoms with Gasteiger partial charge in [0.05, 0.1) is 11.6 Å². The fourth-order valence-electron chi connectivity index (χ4n) is 2.62. The van der Waals surface area contributed by atoms with E-state index in [-0.39, 0.29) is 11.3 Å². The highest BCUT2D eigenvalue weighted by Gasteiger charge is 2.16. The van der Waals surface area contributed by atoms with Gasteiger partial charge in [-0.1, -0.05) is 30.8 Å². The van der Waals surface area contributed by atoms with Gasteiger partial charge in [-0.05, 0) is 12.8 Å². The fourth-order valence-corrected chi connectivity index (χ4v) is 2.62. The summed E-state index contributed by atoms with van der Waals surface area (Å²) in [6.45, 7) is 0. The number of benzene rings is 1. The van der Waals surface area contributed by atoms with Crippen LogP contribution in [0, 0.1) is 5.82 Å². The van der Waals surface area contributed by atoms with Crippen LogP contribution in [0.25, 0.3) is 10.9 Å². The third-order valence-electron chi connectivity index (χ3n) is 3.59. The maximum absolute atomic E-state index is 13.3. The Kier molecular flexibility index (Phi) is 2.65. The molecule has 0 N–H and O–H groups in total. The zero-order valence-corrected chi connectivity index (χ0v) is 9.69. The van der Waals surface area contributed by atoms with Gasteiger partial charge in [0.25, 0.3) is 0 Å². The third kappa shape index (κ3) is 1.96. The summed E-state index contributed by atoms with van der Waals surface area (Å²) in [7, 11) is 5.56. The molecule has 1 saturated carbocycles. The van der Waals surface area contributed by atoms with E-state index in [1.165, 1.54) is 38.2 Å². The lowest BCUT2D eigenvalue weighted by Gasteiger charge is -2.21. The van der Waals surface area contributed by atoms with E-state index >= 15 is 0 Å². The van der Waals surface area contributed by atoms with Gasteiger partial charge in [0.2, 0.25) is 0 Å². The summed E-state index contributed by atoms with van der Waals surface area (Å²) in [6, 6.07) is 3.56. The molecule has 2 radical (unpaired) electrons. The molecule has 2 aromatic rings. The summed E-state index contributed by atoms with van der Waals surface area (Å²) < 4.78 is 15.3. The van der Waals surface area contributed by atoms with Gasteiger partial charge in [-0.15, -0.1) is 0 Å². The first kappa shape index (κ1) is 10.8. The molecular weight excluding hydrogens is 214 g/mol. The molecule has 1 aromatic heterocycles. The van der Waals surface area contributed by atoms with Crippen LogP contribution in [0.15, 0.2) is 18.3 Å². The Morgan fingerprint density at radius 3 is 2.76 bits per heavy atom. The van der Waals surface area contributed by atoms with Crippen molar-refractivity contribution in [1.82, 2.24) is 9.78 Å². The molecule has 0 unspecified atom stereocenters. The van der Waals surface area contributed by atoms with Crippen molar-refractivity contribution in [2.45, 2.75) is 38.1 Å². The van der Waals surface area contributed by atoms with Crippen LogP contribution in [0.3, 0.4) is 0 Å². The highest BCUT2D eigenvalue weighted by atomic mass is 19.1. The standard InChI is InChI=1S/C13H14BFN2/c14-11-6-9-8-17(10-4-2-1-3-5-10)16-13(9)7-12(11)15/h6-8,10H,1-5H2. The molecule has 0 spiro atoms. The fraction of sp³-hybridized carbons (Fsp3) is 0.462. The Morgan fingerprint density at radius 2 is 2.00 bits per heavy atom. The molecule has 17 heavy (non-hydrogen) atoms. The summed E-state index contributed by atoms with van der Waals surface area (Å²) in [6.07, 6.45) is 8.17. The van der Waals surface area contributed by atoms with Crippen LogP contribution in [0.2, 0.25) is 0 Å². The summed E-state index contributed by atoms with van der Waals surface area (Å²) >= 11 is 0. The second kappa shape index (κ2) is 4.17. The Bertz CT molecular complexity index is 505. The van der Waals surface area contributed by atoms with Gasteiger partial charge in [0.15, 0.2) is 0 Å². The maximum Gasteiger partial charge on any atom is 0.118 e. The van der Waals surface area contributed by atoms with Crippen molar-refractivity contribution in [3.05, 3.63) is 24.1 Å². The first-order valence-electron chi connectivity index (χ1n) is 6.18. The predicted molar refractivity (Wildman–Crippen MR) is 67.2 cm³/mol. The molecule has 0 saturated heterocycles. The molecule has 1 heterocycles. The molecule has 1 aromatic carbocycles. The summed E-state index contributed by atoms with van der Waals surface area (Å²) in [5, 5.41) is 5.38. The summed E-state index contributed by atoms with van der Waals surface area (Å²) in [4.78, 5) is 0. The lowest BCUT2D eigenvalue weighted by molar-refractivity contribution is 0.331. The normalized spacial score (nSPS) is 17.7. The number of hydrogen-bond acceptors (Lipinski definition) is 1. The Hall–Kier alpha value is -1.32. The summed E-state index contributed by atoms with van der Waals surface area (Å²) in [5.74, 6) is -0.383. The van der Waals surface area contributed by atoms with E-state index in [2.05, 4.69) is 5.10 Å². The predicted octanol–water partition coefficient (Wildman–Crippen LogP) is 2.47. The van der Waals surface area contributed by atoms with Crippen molar-refractivity contribution in [2.24, 2.45) is 0 Å². The van der Waals surface area contributed by atoms with E-state index in [1.807, 2.05) is 10.9 Å². The highest BCUT2D eigenvalue weighted by molar-refractivity contribution is 6.33. The van der Waals surface area contributed by atoms with Gasteiger partial charge in [-0.25, -0.2) is 4.39 Å². The van der Waals surface area contributed by atoms with Crippen LogP contribution in [-0.2, 0) is 0 Å². The van der Waals surface area contributed by atoms with Gasteiger partial charge >= 0.3 is 0 Å². The monoisotopic (exact) mass is 228 g/mol. The number of nitrogens with zero attached hydrogens (tertiary/aromatic N) is 2. The molecule has 1 aliphatic carbocycles. The van der Waals surface area contributed by atoms with Crippen LogP contribution in [-0.4, -0.2) is 17.6 Å². The van der Waals surface area contributed by atoms with Crippen molar-refractivity contribution in [1.29, 1.82) is 0 Å². The molecule has 0 aliphatic heterocycles. The minimum absolute atomic E-state index is 0.195. The molecule has 2 nitrogen and oxygen atoms in total. The largest absolute Gasteiger partial charge is 0.268 e. The van der Waals surface area contributed by atoms with Crippen molar-refractivity contribution >= 4 is 24.2 Å².